The Morgan fingerprint density at radius 2 is 2.00 bits per heavy atom. The Morgan fingerprint density at radius 3 is 2.82 bits per heavy atom. The van der Waals surface area contributed by atoms with E-state index in [4.69, 9.17) is 20.8 Å². The molecule has 0 fully saturated rings. The molecule has 0 radical (unpaired) electrons. The Labute approximate surface area is 170 Å². The van der Waals surface area contributed by atoms with Crippen molar-refractivity contribution in [3.63, 3.8) is 0 Å². The first-order valence-electron chi connectivity index (χ1n) is 8.72. The Hall–Kier alpha value is -2.83. The van der Waals surface area contributed by atoms with E-state index in [-0.39, 0.29) is 6.10 Å². The van der Waals surface area contributed by atoms with Gasteiger partial charge in [0.25, 0.3) is 0 Å². The monoisotopic (exact) mass is 412 g/mol. The van der Waals surface area contributed by atoms with Gasteiger partial charge in [-0.15, -0.1) is 11.3 Å². The van der Waals surface area contributed by atoms with Crippen LogP contribution >= 0.6 is 22.9 Å². The van der Waals surface area contributed by atoms with Gasteiger partial charge in [0.2, 0.25) is 0 Å². The van der Waals surface area contributed by atoms with Crippen LogP contribution in [0.25, 0.3) is 22.2 Å². The van der Waals surface area contributed by atoms with Gasteiger partial charge in [-0.25, -0.2) is 9.78 Å². The number of anilines is 2. The molecule has 0 saturated carbocycles. The number of fused-ring (bicyclic) bond motifs is 1. The van der Waals surface area contributed by atoms with E-state index in [2.05, 4.69) is 10.3 Å². The SMILES string of the molecule is CC(C)Oc1ccccc1Nc1nc(-c2cc3cccc(Cl)c3oc2=O)cs1. The predicted molar refractivity (Wildman–Crippen MR) is 114 cm³/mol. The van der Waals surface area contributed by atoms with E-state index in [0.717, 1.165) is 16.8 Å². The van der Waals surface area contributed by atoms with Gasteiger partial charge in [0.15, 0.2) is 10.7 Å². The zero-order valence-corrected chi connectivity index (χ0v) is 16.8. The van der Waals surface area contributed by atoms with Gasteiger partial charge in [0, 0.05) is 10.8 Å². The molecule has 7 heteroatoms. The van der Waals surface area contributed by atoms with Gasteiger partial charge < -0.3 is 14.5 Å². The standard InChI is InChI=1S/C21H17ClN2O3S/c1-12(2)26-18-9-4-3-8-16(18)23-21-24-17(11-28-21)14-10-13-6-5-7-15(22)19(13)27-20(14)25/h3-12H,1-2H3,(H,23,24). The summed E-state index contributed by atoms with van der Waals surface area (Å²) in [5, 5.41) is 6.89. The zero-order chi connectivity index (χ0) is 19.7. The molecule has 2 aromatic heterocycles. The lowest BCUT2D eigenvalue weighted by atomic mass is 10.1. The lowest BCUT2D eigenvalue weighted by molar-refractivity contribution is 0.244. The highest BCUT2D eigenvalue weighted by atomic mass is 35.5. The Kier molecular flexibility index (Phi) is 5.07. The minimum atomic E-state index is -0.471. The molecule has 0 aliphatic rings. The summed E-state index contributed by atoms with van der Waals surface area (Å²) in [4.78, 5) is 17.0. The fourth-order valence-corrected chi connectivity index (χ4v) is 3.73. The van der Waals surface area contributed by atoms with Crippen LogP contribution in [0.4, 0.5) is 10.8 Å². The Morgan fingerprint density at radius 1 is 1.18 bits per heavy atom. The number of benzene rings is 2. The van der Waals surface area contributed by atoms with Crippen LogP contribution in [0, 0.1) is 0 Å². The summed E-state index contributed by atoms with van der Waals surface area (Å²) in [7, 11) is 0. The molecule has 0 bridgehead atoms. The number of para-hydroxylation sites is 3. The fourth-order valence-electron chi connectivity index (χ4n) is 2.78. The average molecular weight is 413 g/mol. The molecule has 0 unspecified atom stereocenters. The largest absolute Gasteiger partial charge is 0.489 e. The molecule has 4 rings (SSSR count). The minimum absolute atomic E-state index is 0.0591. The third-order valence-corrected chi connectivity index (χ3v) is 5.04. The van der Waals surface area contributed by atoms with E-state index in [1.54, 1.807) is 12.1 Å². The van der Waals surface area contributed by atoms with Crippen LogP contribution in [0.1, 0.15) is 13.8 Å². The number of halogens is 1. The van der Waals surface area contributed by atoms with Crippen molar-refractivity contribution in [2.24, 2.45) is 0 Å². The van der Waals surface area contributed by atoms with E-state index in [9.17, 15) is 4.79 Å². The molecule has 1 N–H and O–H groups in total. The summed E-state index contributed by atoms with van der Waals surface area (Å²) in [5.74, 6) is 0.745. The van der Waals surface area contributed by atoms with Crippen LogP contribution in [0.5, 0.6) is 5.75 Å². The van der Waals surface area contributed by atoms with Crippen molar-refractivity contribution in [3.05, 3.63) is 69.4 Å². The first-order chi connectivity index (χ1) is 13.5. The molecule has 2 heterocycles. The maximum Gasteiger partial charge on any atom is 0.345 e. The van der Waals surface area contributed by atoms with E-state index in [1.807, 2.05) is 55.6 Å². The van der Waals surface area contributed by atoms with Gasteiger partial charge >= 0.3 is 5.63 Å². The van der Waals surface area contributed by atoms with Gasteiger partial charge in [-0.05, 0) is 38.1 Å². The predicted octanol–water partition coefficient (Wildman–Crippen LogP) is 6.10. The second kappa shape index (κ2) is 7.66. The Balaban J connectivity index is 1.67. The van der Waals surface area contributed by atoms with E-state index < -0.39 is 5.63 Å². The number of nitrogens with one attached hydrogen (secondary N) is 1. The van der Waals surface area contributed by atoms with Crippen molar-refractivity contribution in [1.29, 1.82) is 0 Å². The Bertz CT molecular complexity index is 1200. The molecule has 5 nitrogen and oxygen atoms in total. The van der Waals surface area contributed by atoms with Crippen LogP contribution in [-0.4, -0.2) is 11.1 Å². The highest BCUT2D eigenvalue weighted by molar-refractivity contribution is 7.14. The number of aromatic nitrogens is 1. The molecule has 0 aliphatic heterocycles. The van der Waals surface area contributed by atoms with Crippen LogP contribution in [0.3, 0.4) is 0 Å². The highest BCUT2D eigenvalue weighted by Crippen LogP contribution is 2.32. The molecule has 28 heavy (non-hydrogen) atoms. The van der Waals surface area contributed by atoms with E-state index in [0.29, 0.717) is 27.0 Å². The molecule has 0 aliphatic carbocycles. The average Bonchev–Trinajstić information content (AvgIpc) is 3.11. The molecule has 2 aromatic carbocycles. The number of hydrogen-bond donors (Lipinski definition) is 1. The first kappa shape index (κ1) is 18.5. The molecule has 0 atom stereocenters. The third-order valence-electron chi connectivity index (χ3n) is 3.98. The highest BCUT2D eigenvalue weighted by Gasteiger charge is 2.14. The van der Waals surface area contributed by atoms with Gasteiger partial charge in [-0.3, -0.25) is 0 Å². The van der Waals surface area contributed by atoms with Crippen molar-refractivity contribution in [1.82, 2.24) is 4.98 Å². The summed E-state index contributed by atoms with van der Waals surface area (Å²) in [6.07, 6.45) is 0.0591. The van der Waals surface area contributed by atoms with Crippen molar-refractivity contribution in [3.8, 4) is 17.0 Å². The quantitative estimate of drug-likeness (QED) is 0.401. The van der Waals surface area contributed by atoms with Crippen molar-refractivity contribution < 1.29 is 9.15 Å². The third kappa shape index (κ3) is 3.74. The minimum Gasteiger partial charge on any atom is -0.489 e. The summed E-state index contributed by atoms with van der Waals surface area (Å²) in [5.41, 5.74) is 1.66. The number of nitrogens with zero attached hydrogens (tertiary/aromatic N) is 1. The van der Waals surface area contributed by atoms with Crippen LogP contribution in [-0.2, 0) is 0 Å². The van der Waals surface area contributed by atoms with Crippen LogP contribution in [0.2, 0.25) is 5.02 Å². The van der Waals surface area contributed by atoms with E-state index in [1.165, 1.54) is 11.3 Å². The lowest BCUT2D eigenvalue weighted by Crippen LogP contribution is -2.07. The van der Waals surface area contributed by atoms with Crippen molar-refractivity contribution in [2.45, 2.75) is 20.0 Å². The number of thiazole rings is 1. The number of ether oxygens (including phenoxy) is 1. The van der Waals surface area contributed by atoms with Gasteiger partial charge in [-0.1, -0.05) is 35.9 Å². The topological polar surface area (TPSA) is 64.4 Å². The van der Waals surface area contributed by atoms with E-state index >= 15 is 0 Å². The molecular weight excluding hydrogens is 396 g/mol. The first-order valence-corrected chi connectivity index (χ1v) is 9.98. The molecular formula is C21H17ClN2O3S. The zero-order valence-electron chi connectivity index (χ0n) is 15.2. The van der Waals surface area contributed by atoms with Gasteiger partial charge in [-0.2, -0.15) is 0 Å². The molecule has 0 amide bonds. The lowest BCUT2D eigenvalue weighted by Gasteiger charge is -2.14. The second-order valence-corrected chi connectivity index (χ2v) is 7.70. The van der Waals surface area contributed by atoms with Crippen LogP contribution in [0.15, 0.2) is 63.1 Å². The van der Waals surface area contributed by atoms with Crippen molar-refractivity contribution in [2.75, 3.05) is 5.32 Å². The normalized spacial score (nSPS) is 11.1. The molecule has 4 aromatic rings. The summed E-state index contributed by atoms with van der Waals surface area (Å²) < 4.78 is 11.2. The molecule has 0 spiro atoms. The maximum atomic E-state index is 12.4. The smallest absolute Gasteiger partial charge is 0.345 e. The molecule has 142 valence electrons. The fraction of sp³-hybridized carbons (Fsp3) is 0.143. The number of hydrogen-bond acceptors (Lipinski definition) is 6. The molecule has 0 saturated heterocycles. The maximum absolute atomic E-state index is 12.4. The van der Waals surface area contributed by atoms with Crippen molar-refractivity contribution >= 4 is 44.7 Å². The van der Waals surface area contributed by atoms with Gasteiger partial charge in [0.05, 0.1) is 28.1 Å². The number of rotatable bonds is 5. The summed E-state index contributed by atoms with van der Waals surface area (Å²) in [6, 6.07) is 14.8. The van der Waals surface area contributed by atoms with Crippen LogP contribution < -0.4 is 15.7 Å². The summed E-state index contributed by atoms with van der Waals surface area (Å²) in [6.45, 7) is 3.95. The second-order valence-electron chi connectivity index (χ2n) is 6.43. The van der Waals surface area contributed by atoms with Gasteiger partial charge in [0.1, 0.15) is 5.75 Å². The summed E-state index contributed by atoms with van der Waals surface area (Å²) >= 11 is 7.50.